The molecule has 0 aliphatic heterocycles. The van der Waals surface area contributed by atoms with Crippen LogP contribution in [0.1, 0.15) is 6.42 Å². The number of carbonyl (C=O) groups excluding carboxylic acids is 1. The van der Waals surface area contributed by atoms with Gasteiger partial charge in [-0.05, 0) is 0 Å². The summed E-state index contributed by atoms with van der Waals surface area (Å²) in [6, 6.07) is 0. The van der Waals surface area contributed by atoms with Crippen molar-refractivity contribution in [2.75, 3.05) is 152 Å². The van der Waals surface area contributed by atoms with Crippen LogP contribution < -0.4 is 0 Å². The second-order valence-corrected chi connectivity index (χ2v) is 7.81. The standard InChI is InChI=1S/C27H52O13/c1-3-5-30-7-9-32-11-13-34-15-17-36-19-21-38-23-25-40-26-24-39-22-20-37-18-16-35-14-12-33-10-8-31-6-4-27(28)29-2/h3H,1,4-26H2,2H3. The predicted molar refractivity (Wildman–Crippen MR) is 146 cm³/mol. The number of ether oxygens (including phenoxy) is 12. The first-order valence-electron chi connectivity index (χ1n) is 13.8. The fourth-order valence-electron chi connectivity index (χ4n) is 2.62. The highest BCUT2D eigenvalue weighted by Crippen LogP contribution is 1.88. The minimum Gasteiger partial charge on any atom is -0.469 e. The van der Waals surface area contributed by atoms with Crippen LogP contribution in [-0.4, -0.2) is 158 Å². The van der Waals surface area contributed by atoms with E-state index in [0.29, 0.717) is 145 Å². The Labute approximate surface area is 239 Å². The molecule has 0 heterocycles. The summed E-state index contributed by atoms with van der Waals surface area (Å²) in [5, 5.41) is 0. The maximum atomic E-state index is 10.9. The first-order valence-corrected chi connectivity index (χ1v) is 13.8. The molecule has 0 fully saturated rings. The second kappa shape index (κ2) is 35.8. The van der Waals surface area contributed by atoms with Gasteiger partial charge in [-0.15, -0.1) is 6.58 Å². The van der Waals surface area contributed by atoms with E-state index in [2.05, 4.69) is 11.3 Å². The average Bonchev–Trinajstić information content (AvgIpc) is 2.97. The lowest BCUT2D eigenvalue weighted by Gasteiger charge is -2.09. The van der Waals surface area contributed by atoms with Gasteiger partial charge in [-0.3, -0.25) is 4.79 Å². The maximum Gasteiger partial charge on any atom is 0.307 e. The van der Waals surface area contributed by atoms with E-state index in [1.54, 1.807) is 6.08 Å². The first-order chi connectivity index (χ1) is 19.8. The molecule has 0 saturated carbocycles. The maximum absolute atomic E-state index is 10.9. The lowest BCUT2D eigenvalue weighted by Crippen LogP contribution is -2.15. The van der Waals surface area contributed by atoms with E-state index in [1.807, 2.05) is 0 Å². The summed E-state index contributed by atoms with van der Waals surface area (Å²) in [6.07, 6.45) is 1.95. The fraction of sp³-hybridized carbons (Fsp3) is 0.889. The zero-order valence-corrected chi connectivity index (χ0v) is 24.4. The molecule has 0 bridgehead atoms. The zero-order valence-electron chi connectivity index (χ0n) is 24.4. The molecule has 0 aromatic heterocycles. The van der Waals surface area contributed by atoms with E-state index in [0.717, 1.165) is 0 Å². The molecule has 0 rings (SSSR count). The average molecular weight is 585 g/mol. The molecule has 238 valence electrons. The third-order valence-electron chi connectivity index (χ3n) is 4.63. The van der Waals surface area contributed by atoms with Gasteiger partial charge in [-0.2, -0.15) is 0 Å². The molecule has 0 amide bonds. The van der Waals surface area contributed by atoms with E-state index in [4.69, 9.17) is 52.1 Å². The quantitative estimate of drug-likeness (QED) is 0.0596. The van der Waals surface area contributed by atoms with Crippen LogP contribution in [0.5, 0.6) is 0 Å². The van der Waals surface area contributed by atoms with Crippen LogP contribution in [0, 0.1) is 0 Å². The molecule has 0 atom stereocenters. The van der Waals surface area contributed by atoms with Gasteiger partial charge in [0.1, 0.15) is 0 Å². The Hall–Kier alpha value is -1.23. The van der Waals surface area contributed by atoms with Gasteiger partial charge in [-0.25, -0.2) is 0 Å². The number of hydrogen-bond donors (Lipinski definition) is 0. The van der Waals surface area contributed by atoms with E-state index >= 15 is 0 Å². The first kappa shape index (κ1) is 38.8. The van der Waals surface area contributed by atoms with Crippen LogP contribution >= 0.6 is 0 Å². The lowest BCUT2D eigenvalue weighted by molar-refractivity contribution is -0.141. The van der Waals surface area contributed by atoms with Gasteiger partial charge in [0.05, 0.1) is 159 Å². The molecule has 0 spiro atoms. The van der Waals surface area contributed by atoms with Crippen molar-refractivity contribution in [3.63, 3.8) is 0 Å². The van der Waals surface area contributed by atoms with Gasteiger partial charge in [-0.1, -0.05) is 6.08 Å². The van der Waals surface area contributed by atoms with Crippen LogP contribution in [0.2, 0.25) is 0 Å². The SMILES string of the molecule is C=CCOCCOCCOCCOCCOCCOCCOCCOCCOCCOCCOCCC(=O)OC. The Bertz CT molecular complexity index is 511. The predicted octanol–water partition coefficient (Wildman–Crippen LogP) is 0.918. The van der Waals surface area contributed by atoms with Crippen molar-refractivity contribution in [1.29, 1.82) is 0 Å². The summed E-state index contributed by atoms with van der Waals surface area (Å²) in [5.41, 5.74) is 0. The number of hydrogen-bond acceptors (Lipinski definition) is 13. The highest BCUT2D eigenvalue weighted by molar-refractivity contribution is 5.69. The molecular weight excluding hydrogens is 532 g/mol. The molecular formula is C27H52O13. The van der Waals surface area contributed by atoms with Crippen LogP contribution in [0.25, 0.3) is 0 Å². The van der Waals surface area contributed by atoms with Crippen molar-refractivity contribution in [1.82, 2.24) is 0 Å². The van der Waals surface area contributed by atoms with Crippen molar-refractivity contribution in [2.45, 2.75) is 6.42 Å². The summed E-state index contributed by atoms with van der Waals surface area (Å²) >= 11 is 0. The van der Waals surface area contributed by atoms with Crippen LogP contribution in [0.15, 0.2) is 12.7 Å². The highest BCUT2D eigenvalue weighted by Gasteiger charge is 1.99. The van der Waals surface area contributed by atoms with E-state index in [-0.39, 0.29) is 12.4 Å². The van der Waals surface area contributed by atoms with Gasteiger partial charge >= 0.3 is 5.97 Å². The Kier molecular flexibility index (Phi) is 34.7. The van der Waals surface area contributed by atoms with Crippen molar-refractivity contribution >= 4 is 5.97 Å². The molecule has 0 aromatic carbocycles. The number of methoxy groups -OCH3 is 1. The molecule has 0 aliphatic carbocycles. The third kappa shape index (κ3) is 34.8. The summed E-state index contributed by atoms with van der Waals surface area (Å²) in [7, 11) is 1.35. The molecule has 0 N–H and O–H groups in total. The van der Waals surface area contributed by atoms with Gasteiger partial charge in [0.2, 0.25) is 0 Å². The fourth-order valence-corrected chi connectivity index (χ4v) is 2.62. The number of carbonyl (C=O) groups is 1. The van der Waals surface area contributed by atoms with Gasteiger partial charge in [0.25, 0.3) is 0 Å². The lowest BCUT2D eigenvalue weighted by atomic mass is 10.5. The molecule has 0 aromatic rings. The Morgan fingerprint density at radius 1 is 0.425 bits per heavy atom. The topological polar surface area (TPSA) is 128 Å². The Morgan fingerprint density at radius 2 is 0.650 bits per heavy atom. The summed E-state index contributed by atoms with van der Waals surface area (Å²) in [6.45, 7) is 14.5. The van der Waals surface area contributed by atoms with E-state index in [9.17, 15) is 4.79 Å². The van der Waals surface area contributed by atoms with Gasteiger partial charge in [0.15, 0.2) is 0 Å². The minimum atomic E-state index is -0.285. The molecule has 0 saturated heterocycles. The Balaban J connectivity index is 3.04. The molecule has 0 radical (unpaired) electrons. The van der Waals surface area contributed by atoms with Crippen molar-refractivity contribution in [3.8, 4) is 0 Å². The van der Waals surface area contributed by atoms with Crippen LogP contribution in [0.3, 0.4) is 0 Å². The summed E-state index contributed by atoms with van der Waals surface area (Å²) < 4.78 is 63.7. The monoisotopic (exact) mass is 584 g/mol. The van der Waals surface area contributed by atoms with Crippen LogP contribution in [0.4, 0.5) is 0 Å². The Morgan fingerprint density at radius 3 is 0.875 bits per heavy atom. The third-order valence-corrected chi connectivity index (χ3v) is 4.63. The van der Waals surface area contributed by atoms with E-state index < -0.39 is 0 Å². The smallest absolute Gasteiger partial charge is 0.307 e. The molecule has 40 heavy (non-hydrogen) atoms. The molecule has 13 heteroatoms. The number of rotatable bonds is 35. The normalized spacial score (nSPS) is 11.2. The molecule has 0 aliphatic rings. The summed E-state index contributed by atoms with van der Waals surface area (Å²) in [5.74, 6) is -0.285. The number of esters is 1. The van der Waals surface area contributed by atoms with Crippen molar-refractivity contribution < 1.29 is 61.6 Å². The molecule has 13 nitrogen and oxygen atoms in total. The highest BCUT2D eigenvalue weighted by atomic mass is 16.6. The van der Waals surface area contributed by atoms with Crippen molar-refractivity contribution in [2.24, 2.45) is 0 Å². The zero-order chi connectivity index (χ0) is 29.0. The van der Waals surface area contributed by atoms with E-state index in [1.165, 1.54) is 7.11 Å². The largest absolute Gasteiger partial charge is 0.469 e. The second-order valence-electron chi connectivity index (χ2n) is 7.81. The van der Waals surface area contributed by atoms with Gasteiger partial charge in [0, 0.05) is 0 Å². The minimum absolute atomic E-state index is 0.246. The molecule has 0 unspecified atom stereocenters. The van der Waals surface area contributed by atoms with Crippen molar-refractivity contribution in [3.05, 3.63) is 12.7 Å². The van der Waals surface area contributed by atoms with Crippen LogP contribution in [-0.2, 0) is 61.6 Å². The summed E-state index contributed by atoms with van der Waals surface area (Å²) in [4.78, 5) is 10.9. The van der Waals surface area contributed by atoms with Gasteiger partial charge < -0.3 is 56.8 Å².